The number of benzene rings is 2. The molecule has 8 nitrogen and oxygen atoms in total. The highest BCUT2D eigenvalue weighted by molar-refractivity contribution is 5.86. The fourth-order valence-electron chi connectivity index (χ4n) is 8.10. The van der Waals surface area contributed by atoms with Crippen LogP contribution >= 0.6 is 0 Å². The highest BCUT2D eigenvalue weighted by Crippen LogP contribution is 2.47. The molecule has 0 radical (unpaired) electrons. The Morgan fingerprint density at radius 1 is 0.881 bits per heavy atom. The first-order valence-electron chi connectivity index (χ1n) is 15.8. The van der Waals surface area contributed by atoms with Crippen LogP contribution in [-0.2, 0) is 34.1 Å². The van der Waals surface area contributed by atoms with Crippen molar-refractivity contribution in [3.63, 3.8) is 0 Å². The van der Waals surface area contributed by atoms with Crippen LogP contribution in [0.2, 0.25) is 0 Å². The lowest BCUT2D eigenvalue weighted by Crippen LogP contribution is -2.60. The average Bonchev–Trinajstić information content (AvgIpc) is 3.57. The number of hydrogen-bond donors (Lipinski definition) is 0. The predicted octanol–water partition coefficient (Wildman–Crippen LogP) is 5.72. The van der Waals surface area contributed by atoms with E-state index in [-0.39, 0.29) is 18.6 Å². The van der Waals surface area contributed by atoms with Crippen LogP contribution in [0.15, 0.2) is 60.7 Å². The summed E-state index contributed by atoms with van der Waals surface area (Å²) < 4.78 is 31.2. The molecule has 1 spiro atoms. The fraction of sp³-hybridized carbons (Fsp3) is 0.588. The molecule has 2 aromatic rings. The molecular formula is C34H44NO7+. The fourth-order valence-corrected chi connectivity index (χ4v) is 8.10. The van der Waals surface area contributed by atoms with Crippen molar-refractivity contribution in [3.8, 4) is 0 Å². The van der Waals surface area contributed by atoms with Crippen molar-refractivity contribution in [2.24, 2.45) is 5.92 Å². The molecule has 4 aliphatic heterocycles. The highest BCUT2D eigenvalue weighted by Gasteiger charge is 2.57. The van der Waals surface area contributed by atoms with Crippen molar-refractivity contribution < 1.29 is 37.8 Å². The van der Waals surface area contributed by atoms with Gasteiger partial charge in [-0.2, -0.15) is 0 Å². The van der Waals surface area contributed by atoms with Gasteiger partial charge in [-0.1, -0.05) is 60.7 Å². The maximum atomic E-state index is 14.8. The van der Waals surface area contributed by atoms with Crippen LogP contribution in [0.25, 0.3) is 0 Å². The first kappa shape index (κ1) is 29.1. The Hall–Kier alpha value is -2.94. The first-order chi connectivity index (χ1) is 20.5. The SMILES string of the molecule is CCOC(=O)OC(OC(C(=O)OC1CC2CCC(C1)[N+]21CCCC1)(c1ccccc1)c1ccccc1)C1CCOCC1. The Labute approximate surface area is 248 Å². The number of ether oxygens (including phenoxy) is 5. The van der Waals surface area contributed by atoms with Crippen molar-refractivity contribution in [3.05, 3.63) is 71.8 Å². The number of quaternary nitrogens is 1. The summed E-state index contributed by atoms with van der Waals surface area (Å²) in [6.07, 6.45) is 5.98. The van der Waals surface area contributed by atoms with Crippen LogP contribution in [0.3, 0.4) is 0 Å². The summed E-state index contributed by atoms with van der Waals surface area (Å²) >= 11 is 0. The largest absolute Gasteiger partial charge is 0.510 e. The van der Waals surface area contributed by atoms with Crippen molar-refractivity contribution in [2.75, 3.05) is 32.9 Å². The van der Waals surface area contributed by atoms with Gasteiger partial charge in [0.1, 0.15) is 6.10 Å². The molecule has 4 fully saturated rings. The van der Waals surface area contributed by atoms with Gasteiger partial charge in [-0.25, -0.2) is 9.59 Å². The molecular weight excluding hydrogens is 534 g/mol. The van der Waals surface area contributed by atoms with E-state index in [0.29, 0.717) is 49.3 Å². The lowest BCUT2D eigenvalue weighted by Gasteiger charge is -2.47. The molecule has 4 aliphatic rings. The van der Waals surface area contributed by atoms with E-state index in [1.54, 1.807) is 6.92 Å². The van der Waals surface area contributed by atoms with Crippen LogP contribution < -0.4 is 0 Å². The predicted molar refractivity (Wildman–Crippen MR) is 155 cm³/mol. The molecule has 226 valence electrons. The standard InChI is InChI=1S/C34H44NO7/c1-2-39-33(37)41-31(25-17-21-38-22-18-25)42-34(26-11-5-3-6-12-26,27-13-7-4-8-14-27)32(36)40-30-23-28-15-16-29(24-30)35(28)19-9-10-20-35/h3-8,11-14,25,28-31H,2,9-10,15-24H2,1H3/q+1. The maximum Gasteiger partial charge on any atom is 0.510 e. The van der Waals surface area contributed by atoms with Crippen LogP contribution in [0.1, 0.15) is 69.4 Å². The topological polar surface area (TPSA) is 80.3 Å². The molecule has 2 bridgehead atoms. The monoisotopic (exact) mass is 578 g/mol. The Bertz CT molecular complexity index is 1140. The molecule has 4 saturated heterocycles. The maximum absolute atomic E-state index is 14.8. The number of carbonyl (C=O) groups is 2. The van der Waals surface area contributed by atoms with Crippen LogP contribution in [0, 0.1) is 5.92 Å². The van der Waals surface area contributed by atoms with E-state index in [2.05, 4.69) is 0 Å². The summed E-state index contributed by atoms with van der Waals surface area (Å²) in [7, 11) is 0. The molecule has 3 unspecified atom stereocenters. The molecule has 4 heterocycles. The van der Waals surface area contributed by atoms with Gasteiger partial charge in [0, 0.05) is 57.7 Å². The zero-order valence-electron chi connectivity index (χ0n) is 24.7. The minimum Gasteiger partial charge on any atom is -0.459 e. The molecule has 42 heavy (non-hydrogen) atoms. The van der Waals surface area contributed by atoms with Gasteiger partial charge in [-0.05, 0) is 30.9 Å². The van der Waals surface area contributed by atoms with E-state index in [1.165, 1.54) is 43.3 Å². The third-order valence-corrected chi connectivity index (χ3v) is 10.1. The lowest BCUT2D eigenvalue weighted by molar-refractivity contribution is -0.956. The first-order valence-corrected chi connectivity index (χ1v) is 15.8. The summed E-state index contributed by atoms with van der Waals surface area (Å²) in [5, 5.41) is 0. The molecule has 0 N–H and O–H groups in total. The Balaban J connectivity index is 1.36. The molecule has 3 atom stereocenters. The summed E-state index contributed by atoms with van der Waals surface area (Å²) in [6, 6.07) is 20.0. The van der Waals surface area contributed by atoms with Gasteiger partial charge in [-0.15, -0.1) is 0 Å². The third-order valence-electron chi connectivity index (χ3n) is 10.1. The average molecular weight is 579 g/mol. The number of nitrogens with zero attached hydrogens (tertiary/aromatic N) is 1. The molecule has 6 rings (SSSR count). The molecule has 2 aromatic carbocycles. The van der Waals surface area contributed by atoms with Crippen molar-refractivity contribution in [1.29, 1.82) is 0 Å². The minimum atomic E-state index is -1.64. The van der Waals surface area contributed by atoms with E-state index in [4.69, 9.17) is 23.7 Å². The smallest absolute Gasteiger partial charge is 0.459 e. The van der Waals surface area contributed by atoms with Gasteiger partial charge in [0.25, 0.3) is 0 Å². The Morgan fingerprint density at radius 3 is 2.00 bits per heavy atom. The van der Waals surface area contributed by atoms with Gasteiger partial charge in [0.2, 0.25) is 11.9 Å². The van der Waals surface area contributed by atoms with E-state index in [0.717, 1.165) is 12.8 Å². The molecule has 0 amide bonds. The third kappa shape index (κ3) is 5.56. The number of carbonyl (C=O) groups excluding carboxylic acids is 2. The zero-order valence-corrected chi connectivity index (χ0v) is 24.7. The lowest BCUT2D eigenvalue weighted by atomic mass is 9.85. The number of hydrogen-bond acceptors (Lipinski definition) is 7. The van der Waals surface area contributed by atoms with E-state index in [1.807, 2.05) is 60.7 Å². The molecule has 0 aromatic heterocycles. The van der Waals surface area contributed by atoms with Gasteiger partial charge < -0.3 is 28.2 Å². The molecule has 8 heteroatoms. The van der Waals surface area contributed by atoms with Gasteiger partial charge in [-0.3, -0.25) is 0 Å². The number of piperidine rings is 1. The van der Waals surface area contributed by atoms with Gasteiger partial charge in [0.15, 0.2) is 0 Å². The van der Waals surface area contributed by atoms with Gasteiger partial charge in [0.05, 0.1) is 31.8 Å². The Morgan fingerprint density at radius 2 is 1.45 bits per heavy atom. The van der Waals surface area contributed by atoms with Crippen LogP contribution in [-0.4, -0.2) is 74.0 Å². The Kier molecular flexibility index (Phi) is 8.84. The van der Waals surface area contributed by atoms with E-state index < -0.39 is 24.0 Å². The van der Waals surface area contributed by atoms with Crippen LogP contribution in [0.5, 0.6) is 0 Å². The second-order valence-electron chi connectivity index (χ2n) is 12.3. The minimum absolute atomic E-state index is 0.173. The van der Waals surface area contributed by atoms with Crippen molar-refractivity contribution in [2.45, 2.75) is 88.4 Å². The van der Waals surface area contributed by atoms with E-state index >= 15 is 0 Å². The second kappa shape index (κ2) is 12.7. The summed E-state index contributed by atoms with van der Waals surface area (Å²) in [5.74, 6) is -0.642. The van der Waals surface area contributed by atoms with Crippen molar-refractivity contribution >= 4 is 12.1 Å². The summed E-state index contributed by atoms with van der Waals surface area (Å²) in [6.45, 7) is 5.47. The normalized spacial score (nSPS) is 26.1. The summed E-state index contributed by atoms with van der Waals surface area (Å²) in [5.41, 5.74) is -0.380. The summed E-state index contributed by atoms with van der Waals surface area (Å²) in [4.78, 5) is 27.4. The number of esters is 1. The highest BCUT2D eigenvalue weighted by atomic mass is 16.8. The second-order valence-corrected chi connectivity index (χ2v) is 12.3. The number of rotatable bonds is 9. The van der Waals surface area contributed by atoms with E-state index in [9.17, 15) is 9.59 Å². The quantitative estimate of drug-likeness (QED) is 0.214. The van der Waals surface area contributed by atoms with Gasteiger partial charge >= 0.3 is 12.1 Å². The molecule has 0 saturated carbocycles. The zero-order chi connectivity index (χ0) is 29.0. The van der Waals surface area contributed by atoms with Crippen LogP contribution in [0.4, 0.5) is 4.79 Å². The molecule has 0 aliphatic carbocycles. The van der Waals surface area contributed by atoms with Crippen molar-refractivity contribution in [1.82, 2.24) is 0 Å².